The van der Waals surface area contributed by atoms with Crippen LogP contribution < -0.4 is 10.1 Å². The summed E-state index contributed by atoms with van der Waals surface area (Å²) >= 11 is 5.92. The van der Waals surface area contributed by atoms with Gasteiger partial charge in [0.25, 0.3) is 5.91 Å². The highest BCUT2D eigenvalue weighted by molar-refractivity contribution is 6.32. The summed E-state index contributed by atoms with van der Waals surface area (Å²) in [7, 11) is 0. The quantitative estimate of drug-likeness (QED) is 0.890. The van der Waals surface area contributed by atoms with Gasteiger partial charge in [0.2, 0.25) is 0 Å². The van der Waals surface area contributed by atoms with Crippen LogP contribution in [0.4, 0.5) is 5.69 Å². The highest BCUT2D eigenvalue weighted by Gasteiger charge is 2.05. The Bertz CT molecular complexity index is 584. The van der Waals surface area contributed by atoms with Crippen LogP contribution in [0.3, 0.4) is 0 Å². The predicted octanol–water partition coefficient (Wildman–Crippen LogP) is 2.85. The molecule has 0 heterocycles. The minimum absolute atomic E-state index is 0.0240. The molecule has 1 amide bonds. The number of nitrogens with one attached hydrogen (secondary N) is 1. The van der Waals surface area contributed by atoms with Crippen molar-refractivity contribution in [1.82, 2.24) is 0 Å². The summed E-state index contributed by atoms with van der Waals surface area (Å²) < 4.78 is 5.33. The first-order chi connectivity index (χ1) is 9.69. The Kier molecular flexibility index (Phi) is 4.98. The van der Waals surface area contributed by atoms with Gasteiger partial charge in [0, 0.05) is 5.69 Å². The molecule has 0 saturated carbocycles. The number of anilines is 1. The van der Waals surface area contributed by atoms with Crippen molar-refractivity contribution in [3.63, 3.8) is 0 Å². The molecule has 0 aliphatic heterocycles. The van der Waals surface area contributed by atoms with Crippen molar-refractivity contribution in [2.24, 2.45) is 0 Å². The van der Waals surface area contributed by atoms with Crippen LogP contribution in [0.2, 0.25) is 5.02 Å². The SMILES string of the molecule is O=C(COc1ccccc1Cl)Nc1ccc(CO)cc1. The molecule has 0 spiro atoms. The van der Waals surface area contributed by atoms with Gasteiger partial charge in [0.05, 0.1) is 11.6 Å². The highest BCUT2D eigenvalue weighted by atomic mass is 35.5. The first-order valence-electron chi connectivity index (χ1n) is 6.06. The zero-order chi connectivity index (χ0) is 14.4. The minimum Gasteiger partial charge on any atom is -0.482 e. The number of aliphatic hydroxyl groups excluding tert-OH is 1. The van der Waals surface area contributed by atoms with Crippen LogP contribution in [-0.2, 0) is 11.4 Å². The van der Waals surface area contributed by atoms with Crippen molar-refractivity contribution >= 4 is 23.2 Å². The number of rotatable bonds is 5. The summed E-state index contributed by atoms with van der Waals surface area (Å²) in [5.41, 5.74) is 1.44. The zero-order valence-corrected chi connectivity index (χ0v) is 11.4. The third-order valence-electron chi connectivity index (χ3n) is 2.62. The second-order valence-electron chi connectivity index (χ2n) is 4.12. The van der Waals surface area contributed by atoms with Crippen LogP contribution in [0.15, 0.2) is 48.5 Å². The lowest BCUT2D eigenvalue weighted by Gasteiger charge is -2.08. The average Bonchev–Trinajstić information content (AvgIpc) is 2.47. The topological polar surface area (TPSA) is 58.6 Å². The Balaban J connectivity index is 1.87. The summed E-state index contributed by atoms with van der Waals surface area (Å²) in [5, 5.41) is 12.1. The van der Waals surface area contributed by atoms with E-state index in [1.165, 1.54) is 0 Å². The lowest BCUT2D eigenvalue weighted by atomic mass is 10.2. The summed E-state index contributed by atoms with van der Waals surface area (Å²) in [5.74, 6) is 0.196. The molecule has 0 saturated heterocycles. The molecule has 4 nitrogen and oxygen atoms in total. The van der Waals surface area contributed by atoms with Crippen LogP contribution in [0, 0.1) is 0 Å². The van der Waals surface area contributed by atoms with E-state index in [1.54, 1.807) is 48.5 Å². The molecule has 0 bridgehead atoms. The van der Waals surface area contributed by atoms with E-state index in [-0.39, 0.29) is 19.1 Å². The van der Waals surface area contributed by atoms with E-state index < -0.39 is 0 Å². The maximum absolute atomic E-state index is 11.7. The number of benzene rings is 2. The molecule has 0 radical (unpaired) electrons. The van der Waals surface area contributed by atoms with Crippen molar-refractivity contribution in [2.45, 2.75) is 6.61 Å². The summed E-state index contributed by atoms with van der Waals surface area (Å²) in [6.45, 7) is -0.144. The largest absolute Gasteiger partial charge is 0.482 e. The number of ether oxygens (including phenoxy) is 1. The Labute approximate surface area is 122 Å². The van der Waals surface area contributed by atoms with Gasteiger partial charge in [-0.3, -0.25) is 4.79 Å². The second kappa shape index (κ2) is 6.93. The van der Waals surface area contributed by atoms with E-state index >= 15 is 0 Å². The van der Waals surface area contributed by atoms with Crippen molar-refractivity contribution in [3.8, 4) is 5.75 Å². The number of hydrogen-bond acceptors (Lipinski definition) is 3. The van der Waals surface area contributed by atoms with Crippen LogP contribution >= 0.6 is 11.6 Å². The van der Waals surface area contributed by atoms with Gasteiger partial charge in [0.15, 0.2) is 6.61 Å². The molecule has 0 aliphatic rings. The molecule has 0 atom stereocenters. The van der Waals surface area contributed by atoms with Crippen LogP contribution in [0.5, 0.6) is 5.75 Å². The maximum Gasteiger partial charge on any atom is 0.262 e. The molecule has 0 fully saturated rings. The van der Waals surface area contributed by atoms with Crippen molar-refractivity contribution < 1.29 is 14.6 Å². The fourth-order valence-corrected chi connectivity index (χ4v) is 1.79. The van der Waals surface area contributed by atoms with Gasteiger partial charge in [0.1, 0.15) is 5.75 Å². The average molecular weight is 292 g/mol. The number of aliphatic hydroxyl groups is 1. The Morgan fingerprint density at radius 1 is 1.15 bits per heavy atom. The number of amides is 1. The van der Waals surface area contributed by atoms with E-state index in [9.17, 15) is 4.79 Å². The number of carbonyl (C=O) groups is 1. The molecule has 0 unspecified atom stereocenters. The molecule has 2 aromatic rings. The number of carbonyl (C=O) groups excluding carboxylic acids is 1. The van der Waals surface area contributed by atoms with E-state index in [1.807, 2.05) is 0 Å². The van der Waals surface area contributed by atoms with Gasteiger partial charge >= 0.3 is 0 Å². The smallest absolute Gasteiger partial charge is 0.262 e. The van der Waals surface area contributed by atoms with Gasteiger partial charge in [-0.15, -0.1) is 0 Å². The van der Waals surface area contributed by atoms with Gasteiger partial charge in [-0.2, -0.15) is 0 Å². The number of para-hydroxylation sites is 1. The summed E-state index contributed by atoms with van der Waals surface area (Å²) in [4.78, 5) is 11.7. The maximum atomic E-state index is 11.7. The molecule has 20 heavy (non-hydrogen) atoms. The summed E-state index contributed by atoms with van der Waals surface area (Å²) in [6.07, 6.45) is 0. The lowest BCUT2D eigenvalue weighted by molar-refractivity contribution is -0.118. The molecule has 104 valence electrons. The van der Waals surface area contributed by atoms with Crippen LogP contribution in [-0.4, -0.2) is 17.6 Å². The lowest BCUT2D eigenvalue weighted by Crippen LogP contribution is -2.20. The van der Waals surface area contributed by atoms with E-state index in [2.05, 4.69) is 5.32 Å². The molecule has 0 aliphatic carbocycles. The van der Waals surface area contributed by atoms with Gasteiger partial charge in [-0.1, -0.05) is 35.9 Å². The highest BCUT2D eigenvalue weighted by Crippen LogP contribution is 2.22. The van der Waals surface area contributed by atoms with Crippen molar-refractivity contribution in [1.29, 1.82) is 0 Å². The third-order valence-corrected chi connectivity index (χ3v) is 2.93. The Morgan fingerprint density at radius 2 is 1.85 bits per heavy atom. The molecule has 2 rings (SSSR count). The third kappa shape index (κ3) is 3.98. The normalized spacial score (nSPS) is 10.1. The second-order valence-corrected chi connectivity index (χ2v) is 4.53. The zero-order valence-electron chi connectivity index (χ0n) is 10.7. The fraction of sp³-hybridized carbons (Fsp3) is 0.133. The van der Waals surface area contributed by atoms with Gasteiger partial charge in [-0.05, 0) is 29.8 Å². The standard InChI is InChI=1S/C15H14ClNO3/c16-13-3-1-2-4-14(13)20-10-15(19)17-12-7-5-11(9-18)6-8-12/h1-8,18H,9-10H2,(H,17,19). The molecule has 2 N–H and O–H groups in total. The monoisotopic (exact) mass is 291 g/mol. The van der Waals surface area contributed by atoms with Crippen LogP contribution in [0.1, 0.15) is 5.56 Å². The number of halogens is 1. The molecule has 2 aromatic carbocycles. The minimum atomic E-state index is -0.276. The van der Waals surface area contributed by atoms with Crippen LogP contribution in [0.25, 0.3) is 0 Å². The van der Waals surface area contributed by atoms with E-state index in [0.29, 0.717) is 16.5 Å². The Hall–Kier alpha value is -2.04. The molecule has 5 heteroatoms. The van der Waals surface area contributed by atoms with E-state index in [0.717, 1.165) is 5.56 Å². The van der Waals surface area contributed by atoms with Crippen molar-refractivity contribution in [3.05, 3.63) is 59.1 Å². The van der Waals surface area contributed by atoms with Crippen molar-refractivity contribution in [2.75, 3.05) is 11.9 Å². The van der Waals surface area contributed by atoms with E-state index in [4.69, 9.17) is 21.4 Å². The molecule has 0 aromatic heterocycles. The molecular formula is C15H14ClNO3. The molecular weight excluding hydrogens is 278 g/mol. The van der Waals surface area contributed by atoms with Gasteiger partial charge in [-0.25, -0.2) is 0 Å². The number of hydrogen-bond donors (Lipinski definition) is 2. The van der Waals surface area contributed by atoms with Gasteiger partial charge < -0.3 is 15.2 Å². The summed E-state index contributed by atoms with van der Waals surface area (Å²) in [6, 6.07) is 13.9. The first kappa shape index (κ1) is 14.4. The Morgan fingerprint density at radius 3 is 2.50 bits per heavy atom. The fourth-order valence-electron chi connectivity index (χ4n) is 1.60. The first-order valence-corrected chi connectivity index (χ1v) is 6.44. The predicted molar refractivity (Wildman–Crippen MR) is 77.9 cm³/mol.